The molecule has 1 amide bonds. The van der Waals surface area contributed by atoms with Gasteiger partial charge in [-0.2, -0.15) is 5.06 Å². The number of anilines is 1. The first-order valence-electron chi connectivity index (χ1n) is 4.33. The van der Waals surface area contributed by atoms with E-state index in [4.69, 9.17) is 9.57 Å². The molecule has 74 valence electrons. The van der Waals surface area contributed by atoms with Gasteiger partial charge in [0.25, 0.3) is 5.91 Å². The molecule has 1 heterocycles. The van der Waals surface area contributed by atoms with Crippen LogP contribution in [0.4, 0.5) is 5.69 Å². The van der Waals surface area contributed by atoms with Gasteiger partial charge in [0.1, 0.15) is 11.4 Å². The van der Waals surface area contributed by atoms with E-state index in [9.17, 15) is 4.79 Å². The lowest BCUT2D eigenvalue weighted by Gasteiger charge is -2.27. The van der Waals surface area contributed by atoms with Crippen molar-refractivity contribution in [3.8, 4) is 5.75 Å². The van der Waals surface area contributed by atoms with Crippen molar-refractivity contribution in [1.82, 2.24) is 0 Å². The van der Waals surface area contributed by atoms with Crippen LogP contribution in [0.1, 0.15) is 5.56 Å². The van der Waals surface area contributed by atoms with Gasteiger partial charge >= 0.3 is 0 Å². The van der Waals surface area contributed by atoms with Gasteiger partial charge in [0.05, 0.1) is 7.11 Å². The molecule has 2 rings (SSSR count). The number of ether oxygens (including phenoxy) is 1. The maximum absolute atomic E-state index is 11.4. The van der Waals surface area contributed by atoms with Gasteiger partial charge < -0.3 is 4.74 Å². The molecule has 0 aromatic heterocycles. The minimum Gasteiger partial charge on any atom is -0.481 e. The second-order valence-corrected chi connectivity index (χ2v) is 3.08. The fraction of sp³-hybridized carbons (Fsp3) is 0.300. The largest absolute Gasteiger partial charge is 0.481 e. The fourth-order valence-electron chi connectivity index (χ4n) is 1.51. The Labute approximate surface area is 82.0 Å². The molecule has 0 bridgehead atoms. The Bertz CT molecular complexity index is 376. The molecular weight excluding hydrogens is 182 g/mol. The Morgan fingerprint density at radius 1 is 1.50 bits per heavy atom. The number of hydrogen-bond acceptors (Lipinski definition) is 3. The number of amides is 1. The van der Waals surface area contributed by atoms with E-state index in [0.29, 0.717) is 11.4 Å². The summed E-state index contributed by atoms with van der Waals surface area (Å²) in [6.07, 6.45) is 0. The molecule has 1 aromatic rings. The van der Waals surface area contributed by atoms with E-state index in [2.05, 4.69) is 0 Å². The van der Waals surface area contributed by atoms with Crippen LogP contribution in [0.15, 0.2) is 18.2 Å². The summed E-state index contributed by atoms with van der Waals surface area (Å²) >= 11 is 0. The highest BCUT2D eigenvalue weighted by Gasteiger charge is 2.26. The second kappa shape index (κ2) is 3.31. The van der Waals surface area contributed by atoms with Gasteiger partial charge in [-0.15, -0.1) is 0 Å². The summed E-state index contributed by atoms with van der Waals surface area (Å²) in [5, 5.41) is 1.26. The smallest absolute Gasteiger partial charge is 0.288 e. The summed E-state index contributed by atoms with van der Waals surface area (Å²) in [7, 11) is 1.47. The number of hydroxylamine groups is 1. The zero-order chi connectivity index (χ0) is 10.1. The summed E-state index contributed by atoms with van der Waals surface area (Å²) in [5.41, 5.74) is 1.67. The Morgan fingerprint density at radius 3 is 3.00 bits per heavy atom. The van der Waals surface area contributed by atoms with Crippen molar-refractivity contribution in [2.45, 2.75) is 6.92 Å². The van der Waals surface area contributed by atoms with E-state index in [1.807, 2.05) is 19.1 Å². The minimum atomic E-state index is -0.189. The predicted octanol–water partition coefficient (Wildman–Crippen LogP) is 1.28. The summed E-state index contributed by atoms with van der Waals surface area (Å²) in [6.45, 7) is 1.97. The maximum atomic E-state index is 11.4. The number of fused-ring (bicyclic) bond motifs is 1. The molecule has 0 unspecified atom stereocenters. The van der Waals surface area contributed by atoms with Crippen LogP contribution in [-0.2, 0) is 9.63 Å². The molecule has 0 atom stereocenters. The third kappa shape index (κ3) is 1.24. The molecule has 0 aliphatic carbocycles. The van der Waals surface area contributed by atoms with E-state index in [1.165, 1.54) is 12.2 Å². The molecule has 1 aliphatic heterocycles. The predicted molar refractivity (Wildman–Crippen MR) is 51.2 cm³/mol. The Balaban J connectivity index is 2.52. The number of nitrogens with zero attached hydrogens (tertiary/aromatic N) is 1. The molecular formula is C10H11NO3. The Kier molecular flexibility index (Phi) is 2.13. The molecule has 0 saturated heterocycles. The van der Waals surface area contributed by atoms with Crippen LogP contribution in [0.25, 0.3) is 0 Å². The van der Waals surface area contributed by atoms with E-state index >= 15 is 0 Å². The molecule has 1 aliphatic rings. The van der Waals surface area contributed by atoms with Crippen molar-refractivity contribution in [3.63, 3.8) is 0 Å². The standard InChI is InChI=1S/C10H11NO3/c1-7-4-3-5-8-10(7)14-6-9(12)11(8)13-2/h3-5H,6H2,1-2H3. The lowest BCUT2D eigenvalue weighted by atomic mass is 10.1. The molecule has 0 N–H and O–H groups in total. The molecule has 4 nitrogen and oxygen atoms in total. The molecule has 1 aromatic carbocycles. The highest BCUT2D eigenvalue weighted by molar-refractivity contribution is 5.96. The zero-order valence-electron chi connectivity index (χ0n) is 8.11. The van der Waals surface area contributed by atoms with Crippen molar-refractivity contribution < 1.29 is 14.4 Å². The minimum absolute atomic E-state index is 0.0334. The van der Waals surface area contributed by atoms with Gasteiger partial charge in [0.2, 0.25) is 0 Å². The van der Waals surface area contributed by atoms with Gasteiger partial charge in [0.15, 0.2) is 6.61 Å². The van der Waals surface area contributed by atoms with Gasteiger partial charge in [-0.25, -0.2) is 0 Å². The number of aryl methyl sites for hydroxylation is 1. The average molecular weight is 193 g/mol. The van der Waals surface area contributed by atoms with E-state index < -0.39 is 0 Å². The Hall–Kier alpha value is -1.55. The summed E-state index contributed by atoms with van der Waals surface area (Å²) in [4.78, 5) is 16.4. The average Bonchev–Trinajstić information content (AvgIpc) is 2.18. The van der Waals surface area contributed by atoms with Crippen molar-refractivity contribution in [2.75, 3.05) is 18.8 Å². The molecule has 14 heavy (non-hydrogen) atoms. The Morgan fingerprint density at radius 2 is 2.29 bits per heavy atom. The molecule has 4 heteroatoms. The van der Waals surface area contributed by atoms with E-state index in [1.54, 1.807) is 6.07 Å². The van der Waals surface area contributed by atoms with Gasteiger partial charge in [-0.05, 0) is 18.6 Å². The number of benzene rings is 1. The lowest BCUT2D eigenvalue weighted by Crippen LogP contribution is -2.38. The number of carbonyl (C=O) groups excluding carboxylic acids is 1. The summed E-state index contributed by atoms with van der Waals surface area (Å²) in [6, 6.07) is 5.59. The molecule has 0 fully saturated rings. The van der Waals surface area contributed by atoms with Gasteiger partial charge in [-0.1, -0.05) is 12.1 Å². The zero-order valence-corrected chi connectivity index (χ0v) is 8.11. The van der Waals surface area contributed by atoms with Crippen LogP contribution in [0, 0.1) is 6.92 Å². The molecule has 0 spiro atoms. The van der Waals surface area contributed by atoms with Crippen LogP contribution < -0.4 is 9.80 Å². The first-order chi connectivity index (χ1) is 6.74. The van der Waals surface area contributed by atoms with Crippen LogP contribution in [0.2, 0.25) is 0 Å². The van der Waals surface area contributed by atoms with Gasteiger partial charge in [-0.3, -0.25) is 9.63 Å². The summed E-state index contributed by atoms with van der Waals surface area (Å²) < 4.78 is 5.33. The number of hydrogen-bond donors (Lipinski definition) is 0. The maximum Gasteiger partial charge on any atom is 0.288 e. The molecule has 0 radical (unpaired) electrons. The van der Waals surface area contributed by atoms with Crippen LogP contribution in [-0.4, -0.2) is 19.6 Å². The monoisotopic (exact) mass is 193 g/mol. The third-order valence-corrected chi connectivity index (χ3v) is 2.16. The summed E-state index contributed by atoms with van der Waals surface area (Å²) in [5.74, 6) is 0.527. The normalized spacial score (nSPS) is 15.0. The van der Waals surface area contributed by atoms with Crippen LogP contribution in [0.3, 0.4) is 0 Å². The van der Waals surface area contributed by atoms with Crippen LogP contribution >= 0.6 is 0 Å². The SMILES string of the molecule is CON1C(=O)COc2c(C)cccc21. The van der Waals surface area contributed by atoms with Crippen molar-refractivity contribution in [3.05, 3.63) is 23.8 Å². The topological polar surface area (TPSA) is 38.8 Å². The number of para-hydroxylation sites is 1. The van der Waals surface area contributed by atoms with Crippen molar-refractivity contribution in [2.24, 2.45) is 0 Å². The van der Waals surface area contributed by atoms with Crippen LogP contribution in [0.5, 0.6) is 5.75 Å². The first-order valence-corrected chi connectivity index (χ1v) is 4.33. The van der Waals surface area contributed by atoms with E-state index in [-0.39, 0.29) is 12.5 Å². The quantitative estimate of drug-likeness (QED) is 0.674. The molecule has 0 saturated carbocycles. The van der Waals surface area contributed by atoms with Gasteiger partial charge in [0, 0.05) is 0 Å². The highest BCUT2D eigenvalue weighted by Crippen LogP contribution is 2.34. The van der Waals surface area contributed by atoms with Crippen molar-refractivity contribution >= 4 is 11.6 Å². The van der Waals surface area contributed by atoms with Crippen molar-refractivity contribution in [1.29, 1.82) is 0 Å². The van der Waals surface area contributed by atoms with E-state index in [0.717, 1.165) is 5.56 Å². The lowest BCUT2D eigenvalue weighted by molar-refractivity contribution is -0.128. The fourth-order valence-corrected chi connectivity index (χ4v) is 1.51. The highest BCUT2D eigenvalue weighted by atomic mass is 16.7. The second-order valence-electron chi connectivity index (χ2n) is 3.08. The number of rotatable bonds is 1. The first kappa shape index (κ1) is 9.02. The third-order valence-electron chi connectivity index (χ3n) is 2.16. The number of carbonyl (C=O) groups is 1.